The first-order valence-corrected chi connectivity index (χ1v) is 5.92. The summed E-state index contributed by atoms with van der Waals surface area (Å²) < 4.78 is 0. The van der Waals surface area contributed by atoms with E-state index in [1.54, 1.807) is 35.4 Å². The van der Waals surface area contributed by atoms with E-state index in [0.29, 0.717) is 16.3 Å². The number of oxime groups is 1. The highest BCUT2D eigenvalue weighted by Crippen LogP contribution is 2.14. The second-order valence-electron chi connectivity index (χ2n) is 3.93. The van der Waals surface area contributed by atoms with Crippen LogP contribution in [0, 0.1) is 0 Å². The average molecular weight is 282 g/mol. The summed E-state index contributed by atoms with van der Waals surface area (Å²) in [6.07, 6.45) is 3.00. The van der Waals surface area contributed by atoms with E-state index in [9.17, 15) is 4.79 Å². The summed E-state index contributed by atoms with van der Waals surface area (Å²) in [4.78, 5) is 18.4. The number of anilines is 1. The molecule has 0 saturated heterocycles. The number of carbonyl (C=O) groups is 1. The number of carbonyl (C=O) groups excluding carboxylic acids is 1. The van der Waals surface area contributed by atoms with Crippen LogP contribution >= 0.6 is 11.6 Å². The molecule has 0 atom stereocenters. The standard InChI is InChI=1S/C13H16ClN3O2/c1-17(2)9-10(8-15-19-3)13(18)16-12-6-4-11(14)5-7-12/h4-9H,1-3H3,(H,16,18)/b10-9-,15-8-. The van der Waals surface area contributed by atoms with Gasteiger partial charge in [-0.1, -0.05) is 16.8 Å². The number of hydrogen-bond acceptors (Lipinski definition) is 4. The van der Waals surface area contributed by atoms with Crippen molar-refractivity contribution in [2.75, 3.05) is 26.5 Å². The van der Waals surface area contributed by atoms with Gasteiger partial charge in [-0.25, -0.2) is 0 Å². The summed E-state index contributed by atoms with van der Waals surface area (Å²) in [5.41, 5.74) is 1.03. The van der Waals surface area contributed by atoms with Crippen molar-refractivity contribution in [2.24, 2.45) is 5.16 Å². The fraction of sp³-hybridized carbons (Fsp3) is 0.231. The average Bonchev–Trinajstić information content (AvgIpc) is 2.36. The number of nitrogens with one attached hydrogen (secondary N) is 1. The van der Waals surface area contributed by atoms with Crippen molar-refractivity contribution in [1.82, 2.24) is 4.90 Å². The van der Waals surface area contributed by atoms with Crippen LogP contribution in [0.2, 0.25) is 5.02 Å². The van der Waals surface area contributed by atoms with Gasteiger partial charge in [-0.15, -0.1) is 0 Å². The largest absolute Gasteiger partial charge is 0.399 e. The van der Waals surface area contributed by atoms with Crippen molar-refractivity contribution in [3.05, 3.63) is 41.1 Å². The van der Waals surface area contributed by atoms with Crippen LogP contribution < -0.4 is 5.32 Å². The molecule has 0 heterocycles. The van der Waals surface area contributed by atoms with Gasteiger partial charge in [0, 0.05) is 31.0 Å². The number of benzene rings is 1. The molecule has 102 valence electrons. The first-order valence-electron chi connectivity index (χ1n) is 5.54. The highest BCUT2D eigenvalue weighted by molar-refractivity contribution is 6.30. The third-order valence-electron chi connectivity index (χ3n) is 2.06. The van der Waals surface area contributed by atoms with E-state index in [1.165, 1.54) is 13.3 Å². The van der Waals surface area contributed by atoms with Crippen molar-refractivity contribution < 1.29 is 9.63 Å². The van der Waals surface area contributed by atoms with Crippen molar-refractivity contribution in [2.45, 2.75) is 0 Å². The molecule has 1 aromatic carbocycles. The number of halogens is 1. The zero-order valence-electron chi connectivity index (χ0n) is 11.1. The highest BCUT2D eigenvalue weighted by atomic mass is 35.5. The Labute approximate surface area is 117 Å². The lowest BCUT2D eigenvalue weighted by molar-refractivity contribution is -0.112. The van der Waals surface area contributed by atoms with Crippen LogP contribution in [-0.2, 0) is 9.63 Å². The summed E-state index contributed by atoms with van der Waals surface area (Å²) in [5, 5.41) is 6.96. The normalized spacial score (nSPS) is 11.5. The number of hydrogen-bond donors (Lipinski definition) is 1. The molecule has 1 amide bonds. The van der Waals surface area contributed by atoms with Gasteiger partial charge in [-0.05, 0) is 24.3 Å². The molecule has 1 aromatic rings. The lowest BCUT2D eigenvalue weighted by atomic mass is 10.2. The zero-order chi connectivity index (χ0) is 14.3. The van der Waals surface area contributed by atoms with Crippen molar-refractivity contribution in [3.63, 3.8) is 0 Å². The molecule has 19 heavy (non-hydrogen) atoms. The Hall–Kier alpha value is -2.01. The summed E-state index contributed by atoms with van der Waals surface area (Å²) in [6, 6.07) is 6.85. The molecule has 1 N–H and O–H groups in total. The van der Waals surface area contributed by atoms with E-state index in [2.05, 4.69) is 15.3 Å². The predicted molar refractivity (Wildman–Crippen MR) is 77.4 cm³/mol. The van der Waals surface area contributed by atoms with Crippen molar-refractivity contribution in [1.29, 1.82) is 0 Å². The molecule has 0 saturated carbocycles. The Morgan fingerprint density at radius 2 is 2.00 bits per heavy atom. The van der Waals surface area contributed by atoms with E-state index in [4.69, 9.17) is 11.6 Å². The van der Waals surface area contributed by atoms with E-state index < -0.39 is 0 Å². The molecule has 6 heteroatoms. The number of amides is 1. The van der Waals surface area contributed by atoms with Crippen LogP contribution in [0.15, 0.2) is 41.2 Å². The molecule has 0 aromatic heterocycles. The lowest BCUT2D eigenvalue weighted by Crippen LogP contribution is -2.18. The molecule has 5 nitrogen and oxygen atoms in total. The summed E-state index contributed by atoms with van der Waals surface area (Å²) in [6.45, 7) is 0. The first kappa shape index (κ1) is 15.0. The van der Waals surface area contributed by atoms with Gasteiger partial charge in [0.15, 0.2) is 0 Å². The number of rotatable bonds is 5. The van der Waals surface area contributed by atoms with Gasteiger partial charge in [0.2, 0.25) is 0 Å². The van der Waals surface area contributed by atoms with Crippen molar-refractivity contribution in [3.8, 4) is 0 Å². The van der Waals surface area contributed by atoms with Gasteiger partial charge >= 0.3 is 0 Å². The molecule has 0 aliphatic carbocycles. The minimum Gasteiger partial charge on any atom is -0.399 e. The minimum absolute atomic E-state index is 0.281. The van der Waals surface area contributed by atoms with Crippen LogP contribution in [0.5, 0.6) is 0 Å². The minimum atomic E-state index is -0.281. The van der Waals surface area contributed by atoms with Gasteiger partial charge in [-0.3, -0.25) is 4.79 Å². The maximum Gasteiger partial charge on any atom is 0.258 e. The molecule has 0 aliphatic heterocycles. The van der Waals surface area contributed by atoms with Gasteiger partial charge in [0.1, 0.15) is 7.11 Å². The summed E-state index contributed by atoms with van der Waals surface area (Å²) >= 11 is 5.78. The summed E-state index contributed by atoms with van der Waals surface area (Å²) in [7, 11) is 5.05. The lowest BCUT2D eigenvalue weighted by Gasteiger charge is -2.09. The van der Waals surface area contributed by atoms with Crippen LogP contribution in [0.3, 0.4) is 0 Å². The van der Waals surface area contributed by atoms with Crippen molar-refractivity contribution >= 4 is 29.4 Å². The molecule has 1 rings (SSSR count). The highest BCUT2D eigenvalue weighted by Gasteiger charge is 2.08. The van der Waals surface area contributed by atoms with Crippen LogP contribution in [0.25, 0.3) is 0 Å². The van der Waals surface area contributed by atoms with Gasteiger partial charge in [0.25, 0.3) is 5.91 Å². The number of nitrogens with zero attached hydrogens (tertiary/aromatic N) is 2. The Morgan fingerprint density at radius 1 is 1.37 bits per heavy atom. The van der Waals surface area contributed by atoms with Crippen LogP contribution in [0.4, 0.5) is 5.69 Å². The molecular formula is C13H16ClN3O2. The molecular weight excluding hydrogens is 266 g/mol. The third-order valence-corrected chi connectivity index (χ3v) is 2.31. The van der Waals surface area contributed by atoms with Crippen LogP contribution in [-0.4, -0.2) is 38.2 Å². The Balaban J connectivity index is 2.82. The fourth-order valence-corrected chi connectivity index (χ4v) is 1.40. The van der Waals surface area contributed by atoms with E-state index in [0.717, 1.165) is 0 Å². The van der Waals surface area contributed by atoms with E-state index in [1.807, 2.05) is 14.1 Å². The Bertz CT molecular complexity index is 481. The van der Waals surface area contributed by atoms with E-state index >= 15 is 0 Å². The molecule has 0 spiro atoms. The molecule has 0 fully saturated rings. The second-order valence-corrected chi connectivity index (χ2v) is 4.36. The smallest absolute Gasteiger partial charge is 0.258 e. The monoisotopic (exact) mass is 281 g/mol. The maximum atomic E-state index is 12.1. The van der Waals surface area contributed by atoms with Gasteiger partial charge < -0.3 is 15.1 Å². The van der Waals surface area contributed by atoms with Gasteiger partial charge in [0.05, 0.1) is 11.8 Å². The van der Waals surface area contributed by atoms with E-state index in [-0.39, 0.29) is 5.91 Å². The molecule has 0 aliphatic rings. The SMILES string of the molecule is CO/N=C\C(=C\N(C)C)C(=O)Nc1ccc(Cl)cc1. The predicted octanol–water partition coefficient (Wildman–Crippen LogP) is 2.36. The second kappa shape index (κ2) is 7.43. The quantitative estimate of drug-likeness (QED) is 0.512. The molecule has 0 radical (unpaired) electrons. The molecule has 0 unspecified atom stereocenters. The fourth-order valence-electron chi connectivity index (χ4n) is 1.27. The first-order chi connectivity index (χ1) is 9.02. The van der Waals surface area contributed by atoms with Gasteiger partial charge in [-0.2, -0.15) is 0 Å². The van der Waals surface area contributed by atoms with Crippen LogP contribution in [0.1, 0.15) is 0 Å². The zero-order valence-corrected chi connectivity index (χ0v) is 11.8. The Kier molecular flexibility index (Phi) is 5.89. The topological polar surface area (TPSA) is 53.9 Å². The maximum absolute atomic E-state index is 12.1. The third kappa shape index (κ3) is 5.44. The summed E-state index contributed by atoms with van der Waals surface area (Å²) in [5.74, 6) is -0.281. The molecule has 0 bridgehead atoms. The Morgan fingerprint density at radius 3 is 2.53 bits per heavy atom.